The molecular formula is C15H16BrNO2. The molecule has 0 spiro atoms. The summed E-state index contributed by atoms with van der Waals surface area (Å²) in [7, 11) is 0. The molecule has 4 heteroatoms. The van der Waals surface area contributed by atoms with Gasteiger partial charge in [0.25, 0.3) is 0 Å². The van der Waals surface area contributed by atoms with E-state index >= 15 is 0 Å². The Bertz CT molecular complexity index is 581. The zero-order valence-corrected chi connectivity index (χ0v) is 12.3. The van der Waals surface area contributed by atoms with Crippen LogP contribution in [0.5, 0.6) is 0 Å². The van der Waals surface area contributed by atoms with Gasteiger partial charge in [-0.2, -0.15) is 0 Å². The lowest BCUT2D eigenvalue weighted by molar-refractivity contribution is 0.148. The molecule has 3 atom stereocenters. The Balaban J connectivity index is 1.70. The normalized spacial score (nSPS) is 23.3. The Morgan fingerprint density at radius 3 is 2.95 bits per heavy atom. The van der Waals surface area contributed by atoms with Crippen LogP contribution in [0.25, 0.3) is 0 Å². The SMILES string of the molecule is CC1CC1c1ccc(C(O)Cc2cncc(Br)c2)o1. The molecule has 0 aliphatic heterocycles. The van der Waals surface area contributed by atoms with E-state index in [1.807, 2.05) is 18.2 Å². The molecule has 100 valence electrons. The third-order valence-corrected chi connectivity index (χ3v) is 4.08. The van der Waals surface area contributed by atoms with Crippen LogP contribution in [0.15, 0.2) is 39.5 Å². The largest absolute Gasteiger partial charge is 0.463 e. The Hall–Kier alpha value is -1.13. The van der Waals surface area contributed by atoms with E-state index in [0.717, 1.165) is 15.8 Å². The third-order valence-electron chi connectivity index (χ3n) is 3.64. The van der Waals surface area contributed by atoms with E-state index in [1.165, 1.54) is 6.42 Å². The predicted octanol–water partition coefficient (Wildman–Crippen LogP) is 3.84. The maximum Gasteiger partial charge on any atom is 0.133 e. The van der Waals surface area contributed by atoms with Crippen molar-refractivity contribution in [2.45, 2.75) is 31.8 Å². The first-order valence-corrected chi connectivity index (χ1v) is 7.30. The van der Waals surface area contributed by atoms with Gasteiger partial charge in [0.15, 0.2) is 0 Å². The van der Waals surface area contributed by atoms with Crippen molar-refractivity contribution >= 4 is 15.9 Å². The fourth-order valence-corrected chi connectivity index (χ4v) is 2.77. The van der Waals surface area contributed by atoms with Gasteiger partial charge in [-0.05, 0) is 52.0 Å². The van der Waals surface area contributed by atoms with Crippen LogP contribution in [-0.2, 0) is 6.42 Å². The van der Waals surface area contributed by atoms with Crippen LogP contribution >= 0.6 is 15.9 Å². The van der Waals surface area contributed by atoms with Crippen molar-refractivity contribution in [3.63, 3.8) is 0 Å². The summed E-state index contributed by atoms with van der Waals surface area (Å²) in [5.41, 5.74) is 0.986. The lowest BCUT2D eigenvalue weighted by Gasteiger charge is -2.07. The zero-order valence-electron chi connectivity index (χ0n) is 10.7. The number of hydrogen-bond acceptors (Lipinski definition) is 3. The van der Waals surface area contributed by atoms with E-state index in [0.29, 0.717) is 24.0 Å². The highest BCUT2D eigenvalue weighted by Gasteiger charge is 2.36. The van der Waals surface area contributed by atoms with Gasteiger partial charge >= 0.3 is 0 Å². The van der Waals surface area contributed by atoms with Gasteiger partial charge in [0, 0.05) is 29.2 Å². The first kappa shape index (κ1) is 12.9. The molecule has 1 aliphatic rings. The summed E-state index contributed by atoms with van der Waals surface area (Å²) in [6.07, 6.45) is 4.59. The highest BCUT2D eigenvalue weighted by Crippen LogP contribution is 2.47. The lowest BCUT2D eigenvalue weighted by atomic mass is 10.1. The topological polar surface area (TPSA) is 46.3 Å². The molecule has 1 aliphatic carbocycles. The minimum Gasteiger partial charge on any atom is -0.463 e. The van der Waals surface area contributed by atoms with E-state index in [1.54, 1.807) is 12.4 Å². The molecule has 3 rings (SSSR count). The van der Waals surface area contributed by atoms with Crippen LogP contribution in [0.2, 0.25) is 0 Å². The lowest BCUT2D eigenvalue weighted by Crippen LogP contribution is -2.00. The molecule has 19 heavy (non-hydrogen) atoms. The van der Waals surface area contributed by atoms with Crippen molar-refractivity contribution in [2.24, 2.45) is 5.92 Å². The molecule has 0 amide bonds. The summed E-state index contributed by atoms with van der Waals surface area (Å²) < 4.78 is 6.68. The van der Waals surface area contributed by atoms with Crippen molar-refractivity contribution in [3.05, 3.63) is 52.1 Å². The Morgan fingerprint density at radius 2 is 2.26 bits per heavy atom. The molecule has 1 fully saturated rings. The van der Waals surface area contributed by atoms with Gasteiger partial charge in [-0.25, -0.2) is 0 Å². The number of aliphatic hydroxyl groups is 1. The van der Waals surface area contributed by atoms with Crippen LogP contribution in [0.3, 0.4) is 0 Å². The fourth-order valence-electron chi connectivity index (χ4n) is 2.36. The summed E-state index contributed by atoms with van der Waals surface area (Å²) in [6, 6.07) is 5.84. The molecule has 0 bridgehead atoms. The molecule has 1 saturated carbocycles. The molecule has 3 unspecified atom stereocenters. The van der Waals surface area contributed by atoms with Crippen LogP contribution in [0.1, 0.15) is 42.5 Å². The standard InChI is InChI=1S/C15H16BrNO2/c1-9-4-12(9)14-2-3-15(19-14)13(18)6-10-5-11(16)8-17-7-10/h2-3,5,7-9,12-13,18H,4,6H2,1H3. The highest BCUT2D eigenvalue weighted by atomic mass is 79.9. The number of aromatic nitrogens is 1. The van der Waals surface area contributed by atoms with Gasteiger partial charge in [-0.15, -0.1) is 0 Å². The zero-order chi connectivity index (χ0) is 13.4. The molecule has 0 aromatic carbocycles. The summed E-state index contributed by atoms with van der Waals surface area (Å²) in [4.78, 5) is 4.10. The van der Waals surface area contributed by atoms with Crippen LogP contribution in [0, 0.1) is 5.92 Å². The van der Waals surface area contributed by atoms with Gasteiger partial charge in [-0.1, -0.05) is 6.92 Å². The first-order chi connectivity index (χ1) is 9.13. The van der Waals surface area contributed by atoms with E-state index in [9.17, 15) is 5.11 Å². The number of aliphatic hydroxyl groups excluding tert-OH is 1. The highest BCUT2D eigenvalue weighted by molar-refractivity contribution is 9.10. The fraction of sp³-hybridized carbons (Fsp3) is 0.400. The van der Waals surface area contributed by atoms with E-state index in [4.69, 9.17) is 4.42 Å². The second-order valence-corrected chi connectivity index (χ2v) is 6.21. The quantitative estimate of drug-likeness (QED) is 0.930. The summed E-state index contributed by atoms with van der Waals surface area (Å²) >= 11 is 3.38. The average molecular weight is 322 g/mol. The van der Waals surface area contributed by atoms with E-state index in [2.05, 4.69) is 27.8 Å². The summed E-state index contributed by atoms with van der Waals surface area (Å²) in [6.45, 7) is 2.22. The van der Waals surface area contributed by atoms with Crippen molar-refractivity contribution in [1.29, 1.82) is 0 Å². The molecule has 1 N–H and O–H groups in total. The average Bonchev–Trinajstić information content (AvgIpc) is 2.91. The molecule has 2 heterocycles. The van der Waals surface area contributed by atoms with Gasteiger partial charge in [0.2, 0.25) is 0 Å². The van der Waals surface area contributed by atoms with Crippen molar-refractivity contribution < 1.29 is 9.52 Å². The minimum atomic E-state index is -0.612. The second kappa shape index (κ2) is 5.10. The molecule has 2 aromatic heterocycles. The van der Waals surface area contributed by atoms with Crippen molar-refractivity contribution in [3.8, 4) is 0 Å². The van der Waals surface area contributed by atoms with Gasteiger partial charge in [-0.3, -0.25) is 4.98 Å². The number of halogens is 1. The summed E-state index contributed by atoms with van der Waals surface area (Å²) in [5.74, 6) is 2.92. The monoisotopic (exact) mass is 321 g/mol. The molecular weight excluding hydrogens is 306 g/mol. The molecule has 3 nitrogen and oxygen atoms in total. The van der Waals surface area contributed by atoms with Gasteiger partial charge in [0.1, 0.15) is 17.6 Å². The Kier molecular flexibility index (Phi) is 3.46. The molecule has 2 aromatic rings. The summed E-state index contributed by atoms with van der Waals surface area (Å²) in [5, 5.41) is 10.2. The molecule has 0 saturated heterocycles. The predicted molar refractivity (Wildman–Crippen MR) is 75.8 cm³/mol. The van der Waals surface area contributed by atoms with Crippen molar-refractivity contribution in [2.75, 3.05) is 0 Å². The maximum atomic E-state index is 10.2. The third kappa shape index (κ3) is 2.90. The van der Waals surface area contributed by atoms with Crippen LogP contribution < -0.4 is 0 Å². The second-order valence-electron chi connectivity index (χ2n) is 5.29. The van der Waals surface area contributed by atoms with E-state index in [-0.39, 0.29) is 0 Å². The van der Waals surface area contributed by atoms with Crippen LogP contribution in [-0.4, -0.2) is 10.1 Å². The number of rotatable bonds is 4. The number of hydrogen-bond donors (Lipinski definition) is 1. The Labute approximate surface area is 120 Å². The smallest absolute Gasteiger partial charge is 0.133 e. The van der Waals surface area contributed by atoms with Gasteiger partial charge < -0.3 is 9.52 Å². The minimum absolute atomic E-state index is 0.514. The van der Waals surface area contributed by atoms with E-state index < -0.39 is 6.10 Å². The van der Waals surface area contributed by atoms with Gasteiger partial charge in [0.05, 0.1) is 0 Å². The van der Waals surface area contributed by atoms with Crippen LogP contribution in [0.4, 0.5) is 0 Å². The van der Waals surface area contributed by atoms with Crippen molar-refractivity contribution in [1.82, 2.24) is 4.98 Å². The molecule has 0 radical (unpaired) electrons. The number of furan rings is 1. The Morgan fingerprint density at radius 1 is 1.47 bits per heavy atom. The number of pyridine rings is 1. The maximum absolute atomic E-state index is 10.2. The number of nitrogens with zero attached hydrogens (tertiary/aromatic N) is 1. The first-order valence-electron chi connectivity index (χ1n) is 6.50.